The van der Waals surface area contributed by atoms with Gasteiger partial charge in [0.05, 0.1) is 73.8 Å². The fourth-order valence-electron chi connectivity index (χ4n) is 10.3. The SMILES string of the molecule is COc1ccc(C2=N[C@@H](c3ccc(C)cc3)[C@@H](c3ccc(Cl)cc3)N2C(=O)N2CCN(CCOCCOCCC(=O)N3CCN(C(=O)c4ccc(NC(=O)c5cnc(N)c(O[C@H](C)c6c(F)ccc(Cl)c6F)c5)cc4)CC3)C(=O)C2)c(OC(C)C)c1. The lowest BCUT2D eigenvalue weighted by Gasteiger charge is -2.38. The number of hydrogen-bond acceptors (Lipinski definition) is 13. The molecule has 0 radical (unpaired) electrons. The number of amides is 6. The van der Waals surface area contributed by atoms with E-state index in [0.717, 1.165) is 28.8 Å². The molecule has 3 atom stereocenters. The Morgan fingerprint density at radius 2 is 1.42 bits per heavy atom. The molecule has 0 bridgehead atoms. The molecule has 2 fully saturated rings. The van der Waals surface area contributed by atoms with Crippen molar-refractivity contribution < 1.29 is 56.4 Å². The third-order valence-electron chi connectivity index (χ3n) is 14.9. The van der Waals surface area contributed by atoms with Crippen LogP contribution >= 0.6 is 23.2 Å². The van der Waals surface area contributed by atoms with Crippen molar-refractivity contribution in [1.82, 2.24) is 29.5 Å². The summed E-state index contributed by atoms with van der Waals surface area (Å²) in [5.74, 6) is -1.68. The number of carbonyl (C=O) groups is 5. The van der Waals surface area contributed by atoms with Crippen LogP contribution in [0.3, 0.4) is 0 Å². The molecule has 0 aliphatic carbocycles. The Balaban J connectivity index is 0.698. The Labute approximate surface area is 507 Å². The average molecular weight is 1220 g/mol. The number of amidine groups is 1. The first-order valence-corrected chi connectivity index (χ1v) is 28.9. The van der Waals surface area contributed by atoms with Gasteiger partial charge in [0.2, 0.25) is 11.8 Å². The molecule has 6 amide bonds. The Kier molecular flexibility index (Phi) is 20.4. The van der Waals surface area contributed by atoms with Crippen molar-refractivity contribution in [2.75, 3.05) is 96.9 Å². The molecule has 5 aromatic carbocycles. The molecule has 452 valence electrons. The summed E-state index contributed by atoms with van der Waals surface area (Å²) in [6.45, 7) is 10.2. The highest BCUT2D eigenvalue weighted by atomic mass is 35.5. The van der Waals surface area contributed by atoms with E-state index in [0.29, 0.717) is 71.9 Å². The molecule has 4 heterocycles. The van der Waals surface area contributed by atoms with Crippen LogP contribution in [0.15, 0.2) is 120 Å². The number of carbonyl (C=O) groups excluding carboxylic acids is 5. The molecule has 2 saturated heterocycles. The molecule has 0 saturated carbocycles. The standard InChI is InChI=1S/C63H67Cl2F2N9O10/c1-38(2)85-51-35-47(82-5)18-19-48(51)60-71-57(41-8-6-39(3)7-9-41)58(42-10-14-45(64)15-11-42)76(60)63(81)75-28-25-73(54(78)37-75)29-31-84-33-32-83-30-22-53(77)72-23-26-74(27-24-72)62(80)43-12-16-46(17-13-43)70-61(79)44-34-52(59(68)69-36-44)86-40(4)55-50(66)21-20-49(65)56(55)67/h6-21,34-36,38,40,57-58H,22-33,37H2,1-5H3,(H2,68,69)(H,70,79)/t40-,57+,58-/m1/s1. The summed E-state index contributed by atoms with van der Waals surface area (Å²) in [5, 5.41) is 2.99. The van der Waals surface area contributed by atoms with Crippen molar-refractivity contribution in [3.05, 3.63) is 176 Å². The van der Waals surface area contributed by atoms with Crippen LogP contribution in [-0.2, 0) is 19.1 Å². The molecular weight excluding hydrogens is 1150 g/mol. The lowest BCUT2D eigenvalue weighted by Crippen LogP contribution is -2.56. The average Bonchev–Trinajstić information content (AvgIpc) is 1.69. The molecule has 0 unspecified atom stereocenters. The lowest BCUT2D eigenvalue weighted by atomic mass is 9.93. The van der Waals surface area contributed by atoms with E-state index in [1.807, 2.05) is 69.3 Å². The highest BCUT2D eigenvalue weighted by Gasteiger charge is 2.46. The number of urea groups is 1. The van der Waals surface area contributed by atoms with Crippen molar-refractivity contribution in [2.24, 2.45) is 4.99 Å². The van der Waals surface area contributed by atoms with E-state index in [-0.39, 0.29) is 104 Å². The van der Waals surface area contributed by atoms with Crippen LogP contribution in [0.4, 0.5) is 25.1 Å². The molecule has 3 N–H and O–H groups in total. The van der Waals surface area contributed by atoms with Gasteiger partial charge >= 0.3 is 6.03 Å². The Morgan fingerprint density at radius 1 is 0.744 bits per heavy atom. The number of nitrogens with zero attached hydrogens (tertiary/aromatic N) is 7. The number of halogens is 4. The first-order valence-electron chi connectivity index (χ1n) is 28.2. The second kappa shape index (κ2) is 28.2. The number of nitrogen functional groups attached to an aromatic ring is 1. The summed E-state index contributed by atoms with van der Waals surface area (Å²) in [7, 11) is 1.58. The number of pyridine rings is 1. The van der Waals surface area contributed by atoms with Crippen LogP contribution in [0.5, 0.6) is 17.2 Å². The van der Waals surface area contributed by atoms with Crippen molar-refractivity contribution in [2.45, 2.75) is 58.4 Å². The minimum Gasteiger partial charge on any atom is -0.497 e. The third kappa shape index (κ3) is 14.8. The highest BCUT2D eigenvalue weighted by Crippen LogP contribution is 2.46. The maximum Gasteiger partial charge on any atom is 0.326 e. The number of piperazine rings is 2. The van der Waals surface area contributed by atoms with Crippen molar-refractivity contribution >= 4 is 70.2 Å². The van der Waals surface area contributed by atoms with Gasteiger partial charge in [0, 0.05) is 74.3 Å². The van der Waals surface area contributed by atoms with Gasteiger partial charge in [-0.25, -0.2) is 18.6 Å². The zero-order chi connectivity index (χ0) is 61.2. The van der Waals surface area contributed by atoms with E-state index in [9.17, 15) is 28.0 Å². The number of ether oxygens (including phenoxy) is 5. The molecule has 3 aliphatic heterocycles. The van der Waals surface area contributed by atoms with Gasteiger partial charge in [0.1, 0.15) is 41.8 Å². The van der Waals surface area contributed by atoms with Crippen LogP contribution in [0.2, 0.25) is 10.0 Å². The quantitative estimate of drug-likeness (QED) is 0.0509. The number of aromatic nitrogens is 1. The van der Waals surface area contributed by atoms with Gasteiger partial charge in [-0.15, -0.1) is 0 Å². The van der Waals surface area contributed by atoms with Gasteiger partial charge in [-0.1, -0.05) is 65.2 Å². The van der Waals surface area contributed by atoms with E-state index < -0.39 is 41.3 Å². The van der Waals surface area contributed by atoms with Gasteiger partial charge < -0.3 is 54.3 Å². The summed E-state index contributed by atoms with van der Waals surface area (Å²) in [6.07, 6.45) is 0.00412. The third-order valence-corrected chi connectivity index (χ3v) is 15.4. The lowest BCUT2D eigenvalue weighted by molar-refractivity contribution is -0.135. The van der Waals surface area contributed by atoms with E-state index in [4.69, 9.17) is 57.6 Å². The molecule has 3 aliphatic rings. The number of anilines is 2. The predicted molar refractivity (Wildman–Crippen MR) is 321 cm³/mol. The number of methoxy groups -OCH3 is 1. The van der Waals surface area contributed by atoms with E-state index in [1.165, 1.54) is 19.2 Å². The topological polar surface area (TPSA) is 211 Å². The zero-order valence-electron chi connectivity index (χ0n) is 48.3. The van der Waals surface area contributed by atoms with Crippen LogP contribution in [0.25, 0.3) is 0 Å². The normalized spacial score (nSPS) is 16.5. The van der Waals surface area contributed by atoms with E-state index in [1.54, 1.807) is 74.1 Å². The van der Waals surface area contributed by atoms with Crippen LogP contribution in [0.1, 0.15) is 93.9 Å². The fraction of sp³-hybridized carbons (Fsp3) is 0.349. The molecule has 1 aromatic heterocycles. The van der Waals surface area contributed by atoms with E-state index in [2.05, 4.69) is 10.3 Å². The minimum absolute atomic E-state index is 0.0494. The monoisotopic (exact) mass is 1220 g/mol. The maximum absolute atomic E-state index is 15.1. The summed E-state index contributed by atoms with van der Waals surface area (Å²) >= 11 is 12.2. The first-order chi connectivity index (χ1) is 41.4. The molecule has 19 nitrogen and oxygen atoms in total. The summed E-state index contributed by atoms with van der Waals surface area (Å²) in [5.41, 5.74) is 9.77. The Bertz CT molecular complexity index is 3460. The number of nitrogens with one attached hydrogen (secondary N) is 1. The summed E-state index contributed by atoms with van der Waals surface area (Å²) in [6, 6.07) is 29.2. The van der Waals surface area contributed by atoms with Gasteiger partial charge in [-0.2, -0.15) is 0 Å². The highest BCUT2D eigenvalue weighted by molar-refractivity contribution is 6.31. The molecular formula is C63H67Cl2F2N9O10. The zero-order valence-corrected chi connectivity index (χ0v) is 49.8. The minimum atomic E-state index is -1.17. The number of nitrogens with two attached hydrogens (primary N) is 1. The molecule has 86 heavy (non-hydrogen) atoms. The van der Waals surface area contributed by atoms with Gasteiger partial charge in [-0.3, -0.25) is 29.1 Å². The predicted octanol–water partition coefficient (Wildman–Crippen LogP) is 9.96. The molecule has 23 heteroatoms. The van der Waals surface area contributed by atoms with Crippen LogP contribution in [0, 0.1) is 18.6 Å². The molecule has 6 aromatic rings. The number of hydrogen-bond donors (Lipinski definition) is 2. The van der Waals surface area contributed by atoms with Gasteiger partial charge in [0.25, 0.3) is 11.8 Å². The van der Waals surface area contributed by atoms with Gasteiger partial charge in [0.15, 0.2) is 17.4 Å². The fourth-order valence-corrected chi connectivity index (χ4v) is 10.6. The second-order valence-corrected chi connectivity index (χ2v) is 21.9. The molecule has 9 rings (SSSR count). The molecule has 0 spiro atoms. The van der Waals surface area contributed by atoms with Crippen molar-refractivity contribution in [1.29, 1.82) is 0 Å². The second-order valence-electron chi connectivity index (χ2n) is 21.1. The van der Waals surface area contributed by atoms with Crippen LogP contribution in [-0.4, -0.2) is 157 Å². The van der Waals surface area contributed by atoms with Crippen LogP contribution < -0.4 is 25.3 Å². The van der Waals surface area contributed by atoms with E-state index >= 15 is 4.79 Å². The smallest absolute Gasteiger partial charge is 0.326 e. The van der Waals surface area contributed by atoms with Crippen molar-refractivity contribution in [3.63, 3.8) is 0 Å². The first kappa shape index (κ1) is 62.2. The number of benzene rings is 5. The Hall–Kier alpha value is -8.37. The number of rotatable bonds is 21. The number of aliphatic imine (C=N–C) groups is 1. The number of aryl methyl sites for hydroxylation is 1. The Morgan fingerprint density at radius 3 is 2.10 bits per heavy atom. The van der Waals surface area contributed by atoms with Crippen molar-refractivity contribution in [3.8, 4) is 17.2 Å². The maximum atomic E-state index is 15.1. The van der Waals surface area contributed by atoms with Gasteiger partial charge in [-0.05, 0) is 106 Å². The largest absolute Gasteiger partial charge is 0.497 e. The summed E-state index contributed by atoms with van der Waals surface area (Å²) in [4.78, 5) is 86.2. The summed E-state index contributed by atoms with van der Waals surface area (Å²) < 4.78 is 58.3.